The Labute approximate surface area is 112 Å². The van der Waals surface area contributed by atoms with E-state index in [1.165, 1.54) is 6.39 Å². The monoisotopic (exact) mass is 259 g/mol. The summed E-state index contributed by atoms with van der Waals surface area (Å²) < 4.78 is 5.17. The van der Waals surface area contributed by atoms with Crippen LogP contribution in [0.5, 0.6) is 0 Å². The lowest BCUT2D eigenvalue weighted by Gasteiger charge is -2.22. The Morgan fingerprint density at radius 3 is 2.74 bits per heavy atom. The predicted octanol–water partition coefficient (Wildman–Crippen LogP) is 2.62. The maximum atomic E-state index is 12.5. The Morgan fingerprint density at radius 1 is 1.42 bits per heavy atom. The molecule has 0 fully saturated rings. The number of nitrogens with zero attached hydrogens (tertiary/aromatic N) is 2. The van der Waals surface area contributed by atoms with Crippen molar-refractivity contribution in [3.63, 3.8) is 0 Å². The number of aromatic nitrogens is 1. The molecule has 0 aliphatic carbocycles. The number of nitrogen functional groups attached to an aromatic ring is 1. The Kier molecular flexibility index (Phi) is 3.85. The van der Waals surface area contributed by atoms with Gasteiger partial charge in [-0.2, -0.15) is 0 Å². The van der Waals surface area contributed by atoms with Gasteiger partial charge in [0.15, 0.2) is 6.39 Å². The first-order valence-corrected chi connectivity index (χ1v) is 6.21. The summed E-state index contributed by atoms with van der Waals surface area (Å²) in [6.07, 6.45) is 2.11. The standard InChI is InChI=1S/C14H17N3O2/c1-3-8-17(12-7-5-4-6-11(12)15)14(18)13-10(2)16-9-19-13/h4-7,9H,3,8,15H2,1-2H3. The molecule has 0 aliphatic heterocycles. The van der Waals surface area contributed by atoms with E-state index in [4.69, 9.17) is 10.2 Å². The zero-order valence-electron chi connectivity index (χ0n) is 11.1. The molecule has 5 nitrogen and oxygen atoms in total. The number of oxazole rings is 1. The molecule has 1 amide bonds. The zero-order valence-corrected chi connectivity index (χ0v) is 11.1. The molecule has 19 heavy (non-hydrogen) atoms. The number of carbonyl (C=O) groups is 1. The fourth-order valence-corrected chi connectivity index (χ4v) is 1.92. The van der Waals surface area contributed by atoms with E-state index >= 15 is 0 Å². The number of aryl methyl sites for hydroxylation is 1. The second-order valence-corrected chi connectivity index (χ2v) is 4.28. The van der Waals surface area contributed by atoms with Gasteiger partial charge in [0.2, 0.25) is 5.76 Å². The summed E-state index contributed by atoms with van der Waals surface area (Å²) in [4.78, 5) is 18.1. The minimum Gasteiger partial charge on any atom is -0.438 e. The number of anilines is 2. The van der Waals surface area contributed by atoms with Crippen LogP contribution in [0.2, 0.25) is 0 Å². The summed E-state index contributed by atoms with van der Waals surface area (Å²) in [5.74, 6) is 0.0476. The first-order valence-electron chi connectivity index (χ1n) is 6.21. The van der Waals surface area contributed by atoms with Crippen LogP contribution >= 0.6 is 0 Å². The van der Waals surface area contributed by atoms with E-state index in [2.05, 4.69) is 4.98 Å². The van der Waals surface area contributed by atoms with Gasteiger partial charge in [-0.3, -0.25) is 4.79 Å². The molecule has 0 spiro atoms. The topological polar surface area (TPSA) is 72.4 Å². The van der Waals surface area contributed by atoms with Crippen molar-refractivity contribution in [3.8, 4) is 0 Å². The first-order chi connectivity index (χ1) is 9.15. The molecule has 1 aromatic carbocycles. The molecule has 0 atom stereocenters. The van der Waals surface area contributed by atoms with Crippen LogP contribution in [0.3, 0.4) is 0 Å². The van der Waals surface area contributed by atoms with E-state index in [9.17, 15) is 4.79 Å². The van der Waals surface area contributed by atoms with Gasteiger partial charge in [-0.15, -0.1) is 0 Å². The van der Waals surface area contributed by atoms with Crippen LogP contribution in [-0.2, 0) is 0 Å². The van der Waals surface area contributed by atoms with Gasteiger partial charge in [-0.1, -0.05) is 19.1 Å². The SMILES string of the molecule is CCCN(C(=O)c1ocnc1C)c1ccccc1N. The molecule has 2 aromatic rings. The molecule has 5 heteroatoms. The molecule has 0 radical (unpaired) electrons. The van der Waals surface area contributed by atoms with Gasteiger partial charge in [0.05, 0.1) is 17.1 Å². The van der Waals surface area contributed by atoms with Gasteiger partial charge < -0.3 is 15.1 Å². The molecular formula is C14H17N3O2. The molecule has 2 N–H and O–H groups in total. The molecule has 2 rings (SSSR count). The summed E-state index contributed by atoms with van der Waals surface area (Å²) in [5, 5.41) is 0. The van der Waals surface area contributed by atoms with Crippen molar-refractivity contribution in [2.75, 3.05) is 17.2 Å². The number of hydrogen-bond donors (Lipinski definition) is 1. The average Bonchev–Trinajstić information content (AvgIpc) is 2.82. The van der Waals surface area contributed by atoms with Crippen molar-refractivity contribution >= 4 is 17.3 Å². The summed E-state index contributed by atoms with van der Waals surface area (Å²) in [7, 11) is 0. The Morgan fingerprint density at radius 2 is 2.16 bits per heavy atom. The highest BCUT2D eigenvalue weighted by Gasteiger charge is 2.23. The second-order valence-electron chi connectivity index (χ2n) is 4.28. The normalized spacial score (nSPS) is 10.4. The zero-order chi connectivity index (χ0) is 13.8. The minimum atomic E-state index is -0.213. The molecule has 1 aromatic heterocycles. The van der Waals surface area contributed by atoms with E-state index in [1.807, 2.05) is 25.1 Å². The maximum Gasteiger partial charge on any atom is 0.296 e. The molecule has 0 aliphatic rings. The van der Waals surface area contributed by atoms with Crippen LogP contribution in [0.1, 0.15) is 29.6 Å². The third-order valence-electron chi connectivity index (χ3n) is 2.86. The van der Waals surface area contributed by atoms with Crippen LogP contribution in [0.4, 0.5) is 11.4 Å². The van der Waals surface area contributed by atoms with Crippen molar-refractivity contribution < 1.29 is 9.21 Å². The molecular weight excluding hydrogens is 242 g/mol. The van der Waals surface area contributed by atoms with Crippen LogP contribution < -0.4 is 10.6 Å². The third kappa shape index (κ3) is 2.59. The molecule has 100 valence electrons. The van der Waals surface area contributed by atoms with Crippen molar-refractivity contribution in [3.05, 3.63) is 42.1 Å². The fourth-order valence-electron chi connectivity index (χ4n) is 1.92. The van der Waals surface area contributed by atoms with Crippen molar-refractivity contribution in [1.82, 2.24) is 4.98 Å². The summed E-state index contributed by atoms with van der Waals surface area (Å²) >= 11 is 0. The third-order valence-corrected chi connectivity index (χ3v) is 2.86. The molecule has 1 heterocycles. The average molecular weight is 259 g/mol. The molecule has 0 saturated heterocycles. The first kappa shape index (κ1) is 13.1. The van der Waals surface area contributed by atoms with Gasteiger partial charge in [0.1, 0.15) is 0 Å². The highest BCUT2D eigenvalue weighted by Crippen LogP contribution is 2.25. The number of benzene rings is 1. The summed E-state index contributed by atoms with van der Waals surface area (Å²) in [5.41, 5.74) is 7.79. The van der Waals surface area contributed by atoms with E-state index in [0.29, 0.717) is 23.6 Å². The van der Waals surface area contributed by atoms with Gasteiger partial charge >= 0.3 is 0 Å². The van der Waals surface area contributed by atoms with Gasteiger partial charge in [0.25, 0.3) is 5.91 Å². The summed E-state index contributed by atoms with van der Waals surface area (Å²) in [6.45, 7) is 4.33. The lowest BCUT2D eigenvalue weighted by atomic mass is 10.2. The lowest BCUT2D eigenvalue weighted by molar-refractivity contribution is 0.0959. The maximum absolute atomic E-state index is 12.5. The van der Waals surface area contributed by atoms with Gasteiger partial charge in [-0.25, -0.2) is 4.98 Å². The number of rotatable bonds is 4. The van der Waals surface area contributed by atoms with E-state index in [1.54, 1.807) is 17.9 Å². The minimum absolute atomic E-state index is 0.213. The Bertz CT molecular complexity index is 578. The van der Waals surface area contributed by atoms with Gasteiger partial charge in [0, 0.05) is 6.54 Å². The van der Waals surface area contributed by atoms with E-state index in [-0.39, 0.29) is 11.7 Å². The predicted molar refractivity (Wildman–Crippen MR) is 74.1 cm³/mol. The summed E-state index contributed by atoms with van der Waals surface area (Å²) in [6, 6.07) is 7.30. The number of nitrogens with two attached hydrogens (primary N) is 1. The highest BCUT2D eigenvalue weighted by atomic mass is 16.3. The van der Waals surface area contributed by atoms with Crippen LogP contribution in [0.15, 0.2) is 35.1 Å². The molecule has 0 unspecified atom stereocenters. The van der Waals surface area contributed by atoms with Crippen LogP contribution in [0, 0.1) is 6.92 Å². The quantitative estimate of drug-likeness (QED) is 0.857. The van der Waals surface area contributed by atoms with Crippen molar-refractivity contribution in [1.29, 1.82) is 0 Å². The van der Waals surface area contributed by atoms with Crippen LogP contribution in [-0.4, -0.2) is 17.4 Å². The highest BCUT2D eigenvalue weighted by molar-refractivity contribution is 6.06. The lowest BCUT2D eigenvalue weighted by Crippen LogP contribution is -2.32. The van der Waals surface area contributed by atoms with Crippen molar-refractivity contribution in [2.45, 2.75) is 20.3 Å². The van der Waals surface area contributed by atoms with E-state index in [0.717, 1.165) is 6.42 Å². The number of hydrogen-bond acceptors (Lipinski definition) is 4. The number of para-hydroxylation sites is 2. The largest absolute Gasteiger partial charge is 0.438 e. The number of carbonyl (C=O) groups excluding carboxylic acids is 1. The van der Waals surface area contributed by atoms with E-state index < -0.39 is 0 Å². The van der Waals surface area contributed by atoms with Crippen LogP contribution in [0.25, 0.3) is 0 Å². The Hall–Kier alpha value is -2.30. The fraction of sp³-hybridized carbons (Fsp3) is 0.286. The Balaban J connectivity index is 2.39. The van der Waals surface area contributed by atoms with Gasteiger partial charge in [-0.05, 0) is 25.5 Å². The smallest absolute Gasteiger partial charge is 0.296 e. The second kappa shape index (κ2) is 5.56. The molecule has 0 bridgehead atoms. The van der Waals surface area contributed by atoms with Crippen molar-refractivity contribution in [2.24, 2.45) is 0 Å². The number of amides is 1. The molecule has 0 saturated carbocycles.